The lowest BCUT2D eigenvalue weighted by Crippen LogP contribution is -2.71. The van der Waals surface area contributed by atoms with Crippen LogP contribution < -0.4 is 5.73 Å². The van der Waals surface area contributed by atoms with Crippen LogP contribution in [0.2, 0.25) is 0 Å². The average Bonchev–Trinajstić information content (AvgIpc) is 2.23. The van der Waals surface area contributed by atoms with E-state index >= 15 is 0 Å². The molecule has 2 aliphatic rings. The van der Waals surface area contributed by atoms with Crippen molar-refractivity contribution >= 4 is 5.91 Å². The predicted molar refractivity (Wildman–Crippen MR) is 74.1 cm³/mol. The van der Waals surface area contributed by atoms with Gasteiger partial charge in [-0.1, -0.05) is 46.0 Å². The van der Waals surface area contributed by atoms with Crippen LogP contribution in [0.1, 0.15) is 58.8 Å². The summed E-state index contributed by atoms with van der Waals surface area (Å²) in [5.74, 6) is 1.11. The summed E-state index contributed by atoms with van der Waals surface area (Å²) in [5, 5.41) is 0. The monoisotopic (exact) mass is 252 g/mol. The second kappa shape index (κ2) is 5.60. The normalized spacial score (nSPS) is 25.4. The van der Waals surface area contributed by atoms with Crippen LogP contribution in [-0.4, -0.2) is 29.4 Å². The van der Waals surface area contributed by atoms with E-state index in [-0.39, 0.29) is 11.5 Å². The molecule has 1 saturated carbocycles. The Bertz CT molecular complexity index is 287. The fraction of sp³-hybridized carbons (Fsp3) is 0.933. The molecule has 0 aromatic carbocycles. The van der Waals surface area contributed by atoms with Crippen molar-refractivity contribution in [3.05, 3.63) is 0 Å². The van der Waals surface area contributed by atoms with Crippen LogP contribution in [0.4, 0.5) is 0 Å². The molecule has 0 bridgehead atoms. The lowest BCUT2D eigenvalue weighted by molar-refractivity contribution is -0.145. The third-order valence-corrected chi connectivity index (χ3v) is 4.89. The molecule has 0 aromatic rings. The fourth-order valence-corrected chi connectivity index (χ4v) is 3.15. The minimum Gasteiger partial charge on any atom is -0.339 e. The van der Waals surface area contributed by atoms with Crippen LogP contribution in [0.25, 0.3) is 0 Å². The molecule has 2 N–H and O–H groups in total. The van der Waals surface area contributed by atoms with Crippen LogP contribution in [0, 0.1) is 11.8 Å². The number of nitrogens with two attached hydrogens (primary N) is 1. The number of hydrogen-bond acceptors (Lipinski definition) is 2. The highest BCUT2D eigenvalue weighted by molar-refractivity contribution is 5.80. The Morgan fingerprint density at radius 2 is 1.61 bits per heavy atom. The summed E-state index contributed by atoms with van der Waals surface area (Å²) in [4.78, 5) is 14.4. The van der Waals surface area contributed by atoms with E-state index < -0.39 is 0 Å². The van der Waals surface area contributed by atoms with Crippen LogP contribution in [-0.2, 0) is 4.79 Å². The molecule has 3 nitrogen and oxygen atoms in total. The Morgan fingerprint density at radius 3 is 2.11 bits per heavy atom. The summed E-state index contributed by atoms with van der Waals surface area (Å²) in [5.41, 5.74) is 6.14. The number of nitrogens with zero attached hydrogens (tertiary/aromatic N) is 1. The second-order valence-corrected chi connectivity index (χ2v) is 6.62. The quantitative estimate of drug-likeness (QED) is 0.821. The zero-order valence-electron chi connectivity index (χ0n) is 12.0. The molecule has 1 amide bonds. The van der Waals surface area contributed by atoms with Gasteiger partial charge >= 0.3 is 0 Å². The van der Waals surface area contributed by atoms with E-state index in [1.54, 1.807) is 0 Å². The predicted octanol–water partition coefficient (Wildman–Crippen LogP) is 2.54. The molecule has 2 rings (SSSR count). The number of carbonyl (C=O) groups excluding carboxylic acids is 1. The van der Waals surface area contributed by atoms with Crippen molar-refractivity contribution in [1.82, 2.24) is 4.90 Å². The molecule has 1 heterocycles. The van der Waals surface area contributed by atoms with E-state index in [9.17, 15) is 4.79 Å². The minimum atomic E-state index is -0.128. The highest BCUT2D eigenvalue weighted by Gasteiger charge is 2.45. The molecule has 0 radical (unpaired) electrons. The Hall–Kier alpha value is -0.570. The van der Waals surface area contributed by atoms with Crippen LogP contribution in [0.5, 0.6) is 0 Å². The zero-order chi connectivity index (χ0) is 13.2. The maximum absolute atomic E-state index is 12.4. The van der Waals surface area contributed by atoms with Crippen LogP contribution in [0.3, 0.4) is 0 Å². The number of likely N-dealkylation sites (tertiary alicyclic amines) is 1. The Kier molecular flexibility index (Phi) is 4.31. The number of hydrogen-bond donors (Lipinski definition) is 1. The third-order valence-electron chi connectivity index (χ3n) is 4.89. The molecule has 0 aromatic heterocycles. The van der Waals surface area contributed by atoms with Crippen LogP contribution >= 0.6 is 0 Å². The lowest BCUT2D eigenvalue weighted by atomic mass is 9.79. The van der Waals surface area contributed by atoms with Gasteiger partial charge in [0.25, 0.3) is 0 Å². The SMILES string of the molecule is CC(C)C1(N)CN(C(=O)C2CCCCCCC2)C1. The van der Waals surface area contributed by atoms with Gasteiger partial charge in [0.05, 0.1) is 5.54 Å². The maximum Gasteiger partial charge on any atom is 0.225 e. The summed E-state index contributed by atoms with van der Waals surface area (Å²) < 4.78 is 0. The average molecular weight is 252 g/mol. The summed E-state index contributed by atoms with van der Waals surface area (Å²) in [6.45, 7) is 5.83. The topological polar surface area (TPSA) is 46.3 Å². The standard InChI is InChI=1S/C15H28N2O/c1-12(2)15(16)10-17(11-15)14(18)13-8-6-4-3-5-7-9-13/h12-13H,3-11,16H2,1-2H3. The van der Waals surface area contributed by atoms with E-state index in [2.05, 4.69) is 13.8 Å². The zero-order valence-corrected chi connectivity index (χ0v) is 12.0. The smallest absolute Gasteiger partial charge is 0.225 e. The first-order valence-corrected chi connectivity index (χ1v) is 7.60. The Labute approximate surface area is 111 Å². The lowest BCUT2D eigenvalue weighted by Gasteiger charge is -2.51. The van der Waals surface area contributed by atoms with Gasteiger partial charge in [0.2, 0.25) is 5.91 Å². The van der Waals surface area contributed by atoms with Gasteiger partial charge in [-0.05, 0) is 18.8 Å². The molecule has 0 unspecified atom stereocenters. The van der Waals surface area contributed by atoms with Crippen LogP contribution in [0.15, 0.2) is 0 Å². The van der Waals surface area contributed by atoms with Crippen molar-refractivity contribution in [3.63, 3.8) is 0 Å². The molecule has 3 heteroatoms. The van der Waals surface area contributed by atoms with E-state index in [0.717, 1.165) is 25.9 Å². The van der Waals surface area contributed by atoms with Gasteiger partial charge in [0.1, 0.15) is 0 Å². The largest absolute Gasteiger partial charge is 0.339 e. The van der Waals surface area contributed by atoms with Crippen molar-refractivity contribution in [3.8, 4) is 0 Å². The summed E-state index contributed by atoms with van der Waals surface area (Å²) in [6.07, 6.45) is 8.59. The highest BCUT2D eigenvalue weighted by atomic mass is 16.2. The van der Waals surface area contributed by atoms with Crippen molar-refractivity contribution in [2.45, 2.75) is 64.3 Å². The number of rotatable bonds is 2. The summed E-state index contributed by atoms with van der Waals surface area (Å²) in [7, 11) is 0. The molecule has 0 atom stereocenters. The second-order valence-electron chi connectivity index (χ2n) is 6.62. The van der Waals surface area contributed by atoms with E-state index in [4.69, 9.17) is 5.73 Å². The first-order valence-electron chi connectivity index (χ1n) is 7.60. The van der Waals surface area contributed by atoms with Crippen molar-refractivity contribution in [1.29, 1.82) is 0 Å². The number of amides is 1. The van der Waals surface area contributed by atoms with Gasteiger partial charge in [-0.2, -0.15) is 0 Å². The summed E-state index contributed by atoms with van der Waals surface area (Å²) in [6, 6.07) is 0. The minimum absolute atomic E-state index is 0.128. The Morgan fingerprint density at radius 1 is 1.11 bits per heavy atom. The first-order chi connectivity index (χ1) is 8.53. The molecule has 0 spiro atoms. The van der Waals surface area contributed by atoms with Gasteiger partial charge in [0.15, 0.2) is 0 Å². The van der Waals surface area contributed by atoms with E-state index in [1.165, 1.54) is 32.1 Å². The van der Waals surface area contributed by atoms with Gasteiger partial charge in [-0.3, -0.25) is 4.79 Å². The Balaban J connectivity index is 1.84. The van der Waals surface area contributed by atoms with E-state index in [0.29, 0.717) is 11.8 Å². The molecule has 2 fully saturated rings. The fourth-order valence-electron chi connectivity index (χ4n) is 3.15. The molecular formula is C15H28N2O. The maximum atomic E-state index is 12.4. The first kappa shape index (κ1) is 13.9. The van der Waals surface area contributed by atoms with Crippen molar-refractivity contribution in [2.75, 3.05) is 13.1 Å². The molecule has 18 heavy (non-hydrogen) atoms. The van der Waals surface area contributed by atoms with Crippen molar-refractivity contribution in [2.24, 2.45) is 17.6 Å². The number of carbonyl (C=O) groups is 1. The third kappa shape index (κ3) is 2.87. The molecule has 1 aliphatic carbocycles. The highest BCUT2D eigenvalue weighted by Crippen LogP contribution is 2.30. The molecular weight excluding hydrogens is 224 g/mol. The van der Waals surface area contributed by atoms with Gasteiger partial charge in [-0.25, -0.2) is 0 Å². The molecule has 1 aliphatic heterocycles. The van der Waals surface area contributed by atoms with Gasteiger partial charge < -0.3 is 10.6 Å². The molecule has 104 valence electrons. The van der Waals surface area contributed by atoms with E-state index in [1.807, 2.05) is 4.90 Å². The summed E-state index contributed by atoms with van der Waals surface area (Å²) >= 11 is 0. The van der Waals surface area contributed by atoms with Gasteiger partial charge in [0, 0.05) is 19.0 Å². The molecule has 1 saturated heterocycles. The van der Waals surface area contributed by atoms with Crippen molar-refractivity contribution < 1.29 is 4.79 Å². The van der Waals surface area contributed by atoms with Gasteiger partial charge in [-0.15, -0.1) is 0 Å².